The third-order valence-corrected chi connectivity index (χ3v) is 2.65. The molecule has 1 aliphatic heterocycles. The monoisotopic (exact) mass is 223 g/mol. The van der Waals surface area contributed by atoms with Gasteiger partial charge >= 0.3 is 0 Å². The van der Waals surface area contributed by atoms with Crippen LogP contribution in [0.2, 0.25) is 0 Å². The molecule has 1 saturated heterocycles. The number of nitriles is 1. The van der Waals surface area contributed by atoms with E-state index in [9.17, 15) is 9.59 Å². The van der Waals surface area contributed by atoms with E-state index < -0.39 is 0 Å². The normalized spacial score (nSPS) is 20.8. The fourth-order valence-electron chi connectivity index (χ4n) is 1.80. The first-order valence-corrected chi connectivity index (χ1v) is 5.31. The second-order valence-electron chi connectivity index (χ2n) is 4.95. The minimum absolute atomic E-state index is 0.000951. The number of nitrogens with zero attached hydrogens (tertiary/aromatic N) is 2. The van der Waals surface area contributed by atoms with Gasteiger partial charge in [-0.1, -0.05) is 0 Å². The number of hydrogen-bond donors (Lipinski definition) is 1. The first kappa shape index (κ1) is 12.5. The average Bonchev–Trinajstić information content (AvgIpc) is 2.56. The summed E-state index contributed by atoms with van der Waals surface area (Å²) in [5, 5.41) is 10.8. The summed E-state index contributed by atoms with van der Waals surface area (Å²) in [6, 6.07) is 1.84. The van der Waals surface area contributed by atoms with Crippen LogP contribution in [-0.2, 0) is 9.59 Å². The predicted molar refractivity (Wildman–Crippen MR) is 58.2 cm³/mol. The Bertz CT molecular complexity index is 338. The van der Waals surface area contributed by atoms with Crippen molar-refractivity contribution in [1.82, 2.24) is 10.2 Å². The van der Waals surface area contributed by atoms with E-state index in [1.165, 1.54) is 0 Å². The smallest absolute Gasteiger partial charge is 0.226 e. The second-order valence-corrected chi connectivity index (χ2v) is 4.95. The molecule has 0 aromatic carbocycles. The summed E-state index contributed by atoms with van der Waals surface area (Å²) in [5.74, 6) is -0.522. The first-order chi connectivity index (χ1) is 7.36. The molecule has 2 amide bonds. The molecule has 5 nitrogen and oxygen atoms in total. The molecule has 1 fully saturated rings. The van der Waals surface area contributed by atoms with E-state index in [2.05, 4.69) is 5.32 Å². The van der Waals surface area contributed by atoms with Crippen molar-refractivity contribution < 1.29 is 9.59 Å². The van der Waals surface area contributed by atoms with Gasteiger partial charge in [0.05, 0.1) is 12.0 Å². The Morgan fingerprint density at radius 1 is 1.62 bits per heavy atom. The maximum Gasteiger partial charge on any atom is 0.226 e. The average molecular weight is 223 g/mol. The lowest BCUT2D eigenvalue weighted by atomic mass is 10.1. The van der Waals surface area contributed by atoms with E-state index in [-0.39, 0.29) is 36.2 Å². The third-order valence-electron chi connectivity index (χ3n) is 2.65. The van der Waals surface area contributed by atoms with E-state index in [0.717, 1.165) is 0 Å². The van der Waals surface area contributed by atoms with Crippen molar-refractivity contribution in [1.29, 1.82) is 5.26 Å². The van der Waals surface area contributed by atoms with Gasteiger partial charge in [-0.3, -0.25) is 9.59 Å². The van der Waals surface area contributed by atoms with Gasteiger partial charge in [0, 0.05) is 18.5 Å². The van der Waals surface area contributed by atoms with Gasteiger partial charge in [-0.05, 0) is 20.8 Å². The van der Waals surface area contributed by atoms with Crippen LogP contribution < -0.4 is 5.32 Å². The standard InChI is InChI=1S/C11H17N3O2/c1-11(2,3)14-7-8(6-9(14)15)10(16)13-5-4-12/h8H,5-7H2,1-3H3,(H,13,16)/t8-/m0/s1. The van der Waals surface area contributed by atoms with Crippen LogP contribution in [0.4, 0.5) is 0 Å². The Labute approximate surface area is 95.4 Å². The topological polar surface area (TPSA) is 73.2 Å². The van der Waals surface area contributed by atoms with Crippen molar-refractivity contribution in [2.75, 3.05) is 13.1 Å². The molecule has 1 N–H and O–H groups in total. The van der Waals surface area contributed by atoms with Gasteiger partial charge in [0.25, 0.3) is 0 Å². The molecular weight excluding hydrogens is 206 g/mol. The Kier molecular flexibility index (Phi) is 3.53. The summed E-state index contributed by atoms with van der Waals surface area (Å²) < 4.78 is 0. The van der Waals surface area contributed by atoms with Gasteiger partial charge in [-0.25, -0.2) is 0 Å². The molecule has 1 rings (SSSR count). The number of rotatable bonds is 2. The molecule has 0 spiro atoms. The van der Waals surface area contributed by atoms with Crippen LogP contribution in [0.5, 0.6) is 0 Å². The molecule has 16 heavy (non-hydrogen) atoms. The number of nitrogens with one attached hydrogen (secondary N) is 1. The fraction of sp³-hybridized carbons (Fsp3) is 0.727. The van der Waals surface area contributed by atoms with Crippen molar-refractivity contribution in [3.05, 3.63) is 0 Å². The van der Waals surface area contributed by atoms with Crippen LogP contribution in [-0.4, -0.2) is 35.3 Å². The maximum atomic E-state index is 11.7. The lowest BCUT2D eigenvalue weighted by Crippen LogP contribution is -2.43. The van der Waals surface area contributed by atoms with Gasteiger partial charge in [0.15, 0.2) is 0 Å². The molecule has 1 heterocycles. The zero-order chi connectivity index (χ0) is 12.3. The summed E-state index contributed by atoms with van der Waals surface area (Å²) in [6.45, 7) is 6.28. The number of hydrogen-bond acceptors (Lipinski definition) is 3. The lowest BCUT2D eigenvalue weighted by molar-refractivity contribution is -0.132. The molecule has 0 aromatic heterocycles. The van der Waals surface area contributed by atoms with Crippen LogP contribution in [0.3, 0.4) is 0 Å². The quantitative estimate of drug-likeness (QED) is 0.683. The number of likely N-dealkylation sites (tertiary alicyclic amines) is 1. The molecular formula is C11H17N3O2. The fourth-order valence-corrected chi connectivity index (χ4v) is 1.80. The van der Waals surface area contributed by atoms with E-state index in [0.29, 0.717) is 6.54 Å². The zero-order valence-electron chi connectivity index (χ0n) is 9.91. The maximum absolute atomic E-state index is 11.7. The SMILES string of the molecule is CC(C)(C)N1C[C@@H](C(=O)NCC#N)CC1=O. The highest BCUT2D eigenvalue weighted by molar-refractivity contribution is 5.89. The molecule has 0 saturated carbocycles. The molecule has 1 aliphatic rings. The molecule has 1 atom stereocenters. The summed E-state index contributed by atoms with van der Waals surface area (Å²) in [5.41, 5.74) is -0.249. The van der Waals surface area contributed by atoms with Crippen molar-refractivity contribution in [2.45, 2.75) is 32.7 Å². The van der Waals surface area contributed by atoms with E-state index in [1.54, 1.807) is 4.90 Å². The molecule has 88 valence electrons. The van der Waals surface area contributed by atoms with Crippen molar-refractivity contribution in [3.8, 4) is 6.07 Å². The summed E-state index contributed by atoms with van der Waals surface area (Å²) in [4.78, 5) is 25.0. The van der Waals surface area contributed by atoms with Gasteiger partial charge in [-0.15, -0.1) is 0 Å². The van der Waals surface area contributed by atoms with Gasteiger partial charge in [0.2, 0.25) is 11.8 Å². The Morgan fingerprint density at radius 3 is 2.69 bits per heavy atom. The molecule has 0 aromatic rings. The largest absolute Gasteiger partial charge is 0.343 e. The van der Waals surface area contributed by atoms with Crippen molar-refractivity contribution in [2.24, 2.45) is 5.92 Å². The number of carbonyl (C=O) groups is 2. The minimum atomic E-state index is -0.319. The number of carbonyl (C=O) groups excluding carboxylic acids is 2. The highest BCUT2D eigenvalue weighted by atomic mass is 16.2. The minimum Gasteiger partial charge on any atom is -0.343 e. The second kappa shape index (κ2) is 4.52. The summed E-state index contributed by atoms with van der Waals surface area (Å²) in [7, 11) is 0. The lowest BCUT2D eigenvalue weighted by Gasteiger charge is -2.31. The third kappa shape index (κ3) is 2.72. The highest BCUT2D eigenvalue weighted by Crippen LogP contribution is 2.25. The van der Waals surface area contributed by atoms with Crippen LogP contribution in [0.25, 0.3) is 0 Å². The molecule has 0 bridgehead atoms. The van der Waals surface area contributed by atoms with E-state index in [4.69, 9.17) is 5.26 Å². The predicted octanol–water partition coefficient (Wildman–Crippen LogP) is 0.273. The Hall–Kier alpha value is -1.57. The molecule has 0 radical (unpaired) electrons. The van der Waals surface area contributed by atoms with Crippen LogP contribution in [0.1, 0.15) is 27.2 Å². The summed E-state index contributed by atoms with van der Waals surface area (Å²) in [6.07, 6.45) is 0.245. The Morgan fingerprint density at radius 2 is 2.25 bits per heavy atom. The molecule has 0 unspecified atom stereocenters. The first-order valence-electron chi connectivity index (χ1n) is 5.31. The summed E-state index contributed by atoms with van der Waals surface area (Å²) >= 11 is 0. The number of amides is 2. The van der Waals surface area contributed by atoms with E-state index >= 15 is 0 Å². The van der Waals surface area contributed by atoms with Crippen LogP contribution >= 0.6 is 0 Å². The van der Waals surface area contributed by atoms with Crippen molar-refractivity contribution in [3.63, 3.8) is 0 Å². The van der Waals surface area contributed by atoms with Gasteiger partial charge < -0.3 is 10.2 Å². The molecule has 5 heteroatoms. The van der Waals surface area contributed by atoms with Crippen LogP contribution in [0.15, 0.2) is 0 Å². The Balaban J connectivity index is 2.60. The van der Waals surface area contributed by atoms with E-state index in [1.807, 2.05) is 26.8 Å². The van der Waals surface area contributed by atoms with Gasteiger partial charge in [-0.2, -0.15) is 5.26 Å². The van der Waals surface area contributed by atoms with Gasteiger partial charge in [0.1, 0.15) is 6.54 Å². The van der Waals surface area contributed by atoms with Crippen molar-refractivity contribution >= 4 is 11.8 Å². The zero-order valence-corrected chi connectivity index (χ0v) is 9.91. The molecule has 0 aliphatic carbocycles. The highest BCUT2D eigenvalue weighted by Gasteiger charge is 2.39. The van der Waals surface area contributed by atoms with Crippen LogP contribution in [0, 0.1) is 17.2 Å².